The normalized spacial score (nSPS) is 27.2. The zero-order chi connectivity index (χ0) is 23.0. The maximum Gasteiger partial charge on any atom is 0.234 e. The molecule has 4 saturated carbocycles. The molecule has 0 saturated heterocycles. The molecule has 4 aliphatic rings. The lowest BCUT2D eigenvalue weighted by Crippen LogP contribution is -2.51. The number of anilines is 3. The van der Waals surface area contributed by atoms with Crippen LogP contribution in [0.3, 0.4) is 0 Å². The Bertz CT molecular complexity index is 1050. The van der Waals surface area contributed by atoms with Crippen molar-refractivity contribution in [2.45, 2.75) is 49.8 Å². The third-order valence-corrected chi connectivity index (χ3v) is 8.91. The van der Waals surface area contributed by atoms with Gasteiger partial charge in [0.15, 0.2) is 4.34 Å². The van der Waals surface area contributed by atoms with Gasteiger partial charge in [-0.15, -0.1) is 10.2 Å². The summed E-state index contributed by atoms with van der Waals surface area (Å²) in [4.78, 5) is 36.7. The maximum atomic E-state index is 13.2. The fraction of sp³-hybridized carbons (Fsp3) is 0.522. The Morgan fingerprint density at radius 3 is 2.27 bits per heavy atom. The highest BCUT2D eigenvalue weighted by Crippen LogP contribution is 2.60. The molecule has 33 heavy (non-hydrogen) atoms. The highest BCUT2D eigenvalue weighted by Gasteiger charge is 2.54. The SMILES string of the molecule is CC(=O)Nc1cccc(NC(=O)CSc2nnc(NC(=O)C34CC5CC(CC(C5)C3)C4)s2)c1. The average molecular weight is 486 g/mol. The summed E-state index contributed by atoms with van der Waals surface area (Å²) in [5.74, 6) is 2.04. The van der Waals surface area contributed by atoms with E-state index in [9.17, 15) is 14.4 Å². The Morgan fingerprint density at radius 2 is 1.64 bits per heavy atom. The number of aromatic nitrogens is 2. The molecule has 0 radical (unpaired) electrons. The first kappa shape index (κ1) is 22.3. The van der Waals surface area contributed by atoms with Gasteiger partial charge < -0.3 is 16.0 Å². The van der Waals surface area contributed by atoms with Gasteiger partial charge in [-0.3, -0.25) is 14.4 Å². The van der Waals surface area contributed by atoms with Crippen molar-refractivity contribution in [3.05, 3.63) is 24.3 Å². The molecule has 174 valence electrons. The fourth-order valence-electron chi connectivity index (χ4n) is 6.14. The first-order valence-corrected chi connectivity index (χ1v) is 13.1. The zero-order valence-electron chi connectivity index (χ0n) is 18.4. The number of hydrogen-bond acceptors (Lipinski definition) is 7. The van der Waals surface area contributed by atoms with E-state index in [4.69, 9.17) is 0 Å². The Morgan fingerprint density at radius 1 is 1.00 bits per heavy atom. The largest absolute Gasteiger partial charge is 0.326 e. The molecule has 1 aromatic heterocycles. The number of carbonyl (C=O) groups excluding carboxylic acids is 3. The highest BCUT2D eigenvalue weighted by atomic mass is 32.2. The highest BCUT2D eigenvalue weighted by molar-refractivity contribution is 8.01. The molecule has 4 fully saturated rings. The van der Waals surface area contributed by atoms with Gasteiger partial charge in [-0.1, -0.05) is 29.2 Å². The van der Waals surface area contributed by atoms with Crippen LogP contribution in [0.4, 0.5) is 16.5 Å². The molecule has 2 aromatic rings. The number of nitrogens with one attached hydrogen (secondary N) is 3. The molecule has 10 heteroatoms. The van der Waals surface area contributed by atoms with E-state index < -0.39 is 0 Å². The first-order chi connectivity index (χ1) is 15.9. The van der Waals surface area contributed by atoms with Crippen molar-refractivity contribution in [2.75, 3.05) is 21.7 Å². The Balaban J connectivity index is 1.13. The van der Waals surface area contributed by atoms with Crippen molar-refractivity contribution in [1.29, 1.82) is 0 Å². The molecular weight excluding hydrogens is 458 g/mol. The minimum absolute atomic E-state index is 0.103. The lowest BCUT2D eigenvalue weighted by atomic mass is 9.49. The predicted octanol–water partition coefficient (Wildman–Crippen LogP) is 4.38. The van der Waals surface area contributed by atoms with Crippen LogP contribution >= 0.6 is 23.1 Å². The monoisotopic (exact) mass is 485 g/mol. The molecule has 4 bridgehead atoms. The molecule has 6 rings (SSSR count). The summed E-state index contributed by atoms with van der Waals surface area (Å²) in [5, 5.41) is 17.3. The molecule has 0 unspecified atom stereocenters. The van der Waals surface area contributed by atoms with E-state index in [1.165, 1.54) is 49.3 Å². The predicted molar refractivity (Wildman–Crippen MR) is 129 cm³/mol. The van der Waals surface area contributed by atoms with E-state index in [0.29, 0.717) is 38.6 Å². The molecular formula is C23H27N5O3S2. The van der Waals surface area contributed by atoms with Crippen molar-refractivity contribution in [3.8, 4) is 0 Å². The van der Waals surface area contributed by atoms with E-state index in [1.54, 1.807) is 24.3 Å². The van der Waals surface area contributed by atoms with Crippen LogP contribution in [-0.2, 0) is 14.4 Å². The Kier molecular flexibility index (Phi) is 6.13. The van der Waals surface area contributed by atoms with Crippen molar-refractivity contribution in [3.63, 3.8) is 0 Å². The van der Waals surface area contributed by atoms with E-state index in [-0.39, 0.29) is 28.9 Å². The van der Waals surface area contributed by atoms with E-state index in [0.717, 1.165) is 19.3 Å². The maximum absolute atomic E-state index is 13.2. The number of amides is 3. The lowest BCUT2D eigenvalue weighted by molar-refractivity contribution is -0.140. The van der Waals surface area contributed by atoms with Crippen molar-refractivity contribution in [2.24, 2.45) is 23.2 Å². The van der Waals surface area contributed by atoms with Crippen LogP contribution in [0.1, 0.15) is 45.4 Å². The molecule has 4 aliphatic carbocycles. The third-order valence-electron chi connectivity index (χ3n) is 6.94. The number of hydrogen-bond donors (Lipinski definition) is 3. The molecule has 0 atom stereocenters. The minimum Gasteiger partial charge on any atom is -0.326 e. The second-order valence-corrected chi connectivity index (χ2v) is 11.8. The average Bonchev–Trinajstić information content (AvgIpc) is 3.18. The molecule has 0 spiro atoms. The summed E-state index contributed by atoms with van der Waals surface area (Å²) in [6, 6.07) is 6.98. The van der Waals surface area contributed by atoms with Gasteiger partial charge in [-0.05, 0) is 74.5 Å². The molecule has 3 N–H and O–H groups in total. The summed E-state index contributed by atoms with van der Waals surface area (Å²) < 4.78 is 0.637. The summed E-state index contributed by atoms with van der Waals surface area (Å²) in [6.45, 7) is 1.43. The standard InChI is InChI=1S/C23H27N5O3S2/c1-13(29)24-17-3-2-4-18(8-17)25-19(30)12-32-22-28-27-21(33-22)26-20(31)23-9-14-5-15(10-23)7-16(6-14)11-23/h2-4,8,14-16H,5-7,9-12H2,1H3,(H,24,29)(H,25,30)(H,26,27,31). The van der Waals surface area contributed by atoms with Gasteiger partial charge in [0.1, 0.15) is 0 Å². The summed E-state index contributed by atoms with van der Waals surface area (Å²) in [6.07, 6.45) is 6.92. The first-order valence-electron chi connectivity index (χ1n) is 11.3. The lowest BCUT2D eigenvalue weighted by Gasteiger charge is -2.55. The van der Waals surface area contributed by atoms with Crippen LogP contribution in [-0.4, -0.2) is 33.7 Å². The molecule has 1 aromatic carbocycles. The van der Waals surface area contributed by atoms with Crippen molar-refractivity contribution in [1.82, 2.24) is 10.2 Å². The number of benzene rings is 1. The second kappa shape index (κ2) is 9.06. The summed E-state index contributed by atoms with van der Waals surface area (Å²) >= 11 is 2.59. The number of carbonyl (C=O) groups is 3. The van der Waals surface area contributed by atoms with E-state index in [1.807, 2.05) is 0 Å². The van der Waals surface area contributed by atoms with Crippen LogP contribution in [0.15, 0.2) is 28.6 Å². The number of thioether (sulfide) groups is 1. The second-order valence-electron chi connectivity index (χ2n) is 9.62. The Labute approximate surface area is 200 Å². The van der Waals surface area contributed by atoms with Gasteiger partial charge in [-0.2, -0.15) is 0 Å². The summed E-state index contributed by atoms with van der Waals surface area (Å²) in [7, 11) is 0. The minimum atomic E-state index is -0.223. The topological polar surface area (TPSA) is 113 Å². The van der Waals surface area contributed by atoms with Crippen molar-refractivity contribution < 1.29 is 14.4 Å². The van der Waals surface area contributed by atoms with Gasteiger partial charge in [0, 0.05) is 18.3 Å². The van der Waals surface area contributed by atoms with E-state index >= 15 is 0 Å². The van der Waals surface area contributed by atoms with Crippen LogP contribution in [0.25, 0.3) is 0 Å². The van der Waals surface area contributed by atoms with Crippen molar-refractivity contribution >= 4 is 57.3 Å². The van der Waals surface area contributed by atoms with E-state index in [2.05, 4.69) is 26.1 Å². The van der Waals surface area contributed by atoms with Crippen LogP contribution in [0.2, 0.25) is 0 Å². The smallest absolute Gasteiger partial charge is 0.234 e. The van der Waals surface area contributed by atoms with Gasteiger partial charge in [0.05, 0.1) is 11.2 Å². The quantitative estimate of drug-likeness (QED) is 0.396. The van der Waals surface area contributed by atoms with Gasteiger partial charge >= 0.3 is 0 Å². The van der Waals surface area contributed by atoms with Crippen LogP contribution in [0.5, 0.6) is 0 Å². The van der Waals surface area contributed by atoms with Crippen LogP contribution in [0, 0.1) is 23.2 Å². The summed E-state index contributed by atoms with van der Waals surface area (Å²) in [5.41, 5.74) is 1.00. The molecule has 8 nitrogen and oxygen atoms in total. The molecule has 1 heterocycles. The van der Waals surface area contributed by atoms with Gasteiger partial charge in [0.25, 0.3) is 0 Å². The zero-order valence-corrected chi connectivity index (χ0v) is 20.1. The van der Waals surface area contributed by atoms with Gasteiger partial charge in [-0.25, -0.2) is 0 Å². The Hall–Kier alpha value is -2.46. The van der Waals surface area contributed by atoms with Crippen LogP contribution < -0.4 is 16.0 Å². The molecule has 3 amide bonds. The molecule has 0 aliphatic heterocycles. The fourth-order valence-corrected chi connectivity index (χ4v) is 7.69. The number of rotatable bonds is 7. The van der Waals surface area contributed by atoms with Gasteiger partial charge in [0.2, 0.25) is 22.9 Å². The number of nitrogens with zero attached hydrogens (tertiary/aromatic N) is 2. The third kappa shape index (κ3) is 5.06.